The largest absolute Gasteiger partial charge is 0.490 e. The van der Waals surface area contributed by atoms with Crippen LogP contribution >= 0.6 is 0 Å². The van der Waals surface area contributed by atoms with Crippen molar-refractivity contribution in [3.8, 4) is 5.75 Å². The molecule has 1 aromatic heterocycles. The number of aromatic nitrogens is 1. The van der Waals surface area contributed by atoms with Crippen LogP contribution in [-0.2, 0) is 16.0 Å². The normalized spacial score (nSPS) is 12.5. The van der Waals surface area contributed by atoms with E-state index < -0.39 is 12.1 Å². The molecule has 0 unspecified atom stereocenters. The van der Waals surface area contributed by atoms with E-state index in [2.05, 4.69) is 4.98 Å². The number of aliphatic carboxylic acids is 1. The highest BCUT2D eigenvalue weighted by Crippen LogP contribution is 2.18. The predicted molar refractivity (Wildman–Crippen MR) is 97.8 cm³/mol. The summed E-state index contributed by atoms with van der Waals surface area (Å²) < 4.78 is 10.6. The first-order valence-corrected chi connectivity index (χ1v) is 8.47. The van der Waals surface area contributed by atoms with Gasteiger partial charge in [0.05, 0.1) is 12.3 Å². The van der Waals surface area contributed by atoms with E-state index in [0.29, 0.717) is 17.0 Å². The van der Waals surface area contributed by atoms with Crippen LogP contribution < -0.4 is 4.74 Å². The Balaban J connectivity index is 1.96. The molecule has 138 valence electrons. The topological polar surface area (TPSA) is 88.9 Å². The Morgan fingerprint density at radius 2 is 1.92 bits per heavy atom. The van der Waals surface area contributed by atoms with Crippen LogP contribution in [0.2, 0.25) is 0 Å². The van der Waals surface area contributed by atoms with Gasteiger partial charge in [-0.05, 0) is 48.7 Å². The summed E-state index contributed by atoms with van der Waals surface area (Å²) in [6.07, 6.45) is 3.27. The standard InChI is InChI=1S/C20H23NO5/c1-3-14-7-10-17(21-12-14)18(22)13-26-16-8-5-15(6-9-16)11-19(20(23)24)25-4-2/h5-12,18,22H,3-4,13H2,1-2H3,(H,23,24)/b19-11-/t18-/m1/s1. The number of carboxylic acid groups (broad SMARTS) is 1. The van der Waals surface area contributed by atoms with E-state index in [9.17, 15) is 9.90 Å². The average molecular weight is 357 g/mol. The molecule has 6 heteroatoms. The van der Waals surface area contributed by atoms with Gasteiger partial charge in [-0.15, -0.1) is 0 Å². The van der Waals surface area contributed by atoms with E-state index in [1.807, 2.05) is 13.0 Å². The maximum atomic E-state index is 11.1. The number of hydrogen-bond donors (Lipinski definition) is 2. The molecule has 0 saturated carbocycles. The Labute approximate surface area is 152 Å². The molecule has 0 aliphatic rings. The molecule has 1 atom stereocenters. The predicted octanol–water partition coefficient (Wildman–Crippen LogP) is 3.22. The van der Waals surface area contributed by atoms with Crippen molar-refractivity contribution in [3.05, 3.63) is 65.2 Å². The Morgan fingerprint density at radius 1 is 1.19 bits per heavy atom. The molecule has 0 radical (unpaired) electrons. The molecular weight excluding hydrogens is 334 g/mol. The third kappa shape index (κ3) is 5.60. The van der Waals surface area contributed by atoms with E-state index in [1.54, 1.807) is 43.5 Å². The van der Waals surface area contributed by atoms with Crippen molar-refractivity contribution in [2.24, 2.45) is 0 Å². The molecule has 26 heavy (non-hydrogen) atoms. The first-order valence-electron chi connectivity index (χ1n) is 8.47. The Morgan fingerprint density at radius 3 is 2.46 bits per heavy atom. The first-order chi connectivity index (χ1) is 12.5. The monoisotopic (exact) mass is 357 g/mol. The number of rotatable bonds is 9. The zero-order chi connectivity index (χ0) is 18.9. The fraction of sp³-hybridized carbons (Fsp3) is 0.300. The van der Waals surface area contributed by atoms with Gasteiger partial charge >= 0.3 is 5.97 Å². The average Bonchev–Trinajstić information content (AvgIpc) is 2.66. The van der Waals surface area contributed by atoms with Gasteiger partial charge in [-0.25, -0.2) is 4.79 Å². The van der Waals surface area contributed by atoms with Gasteiger partial charge in [0.25, 0.3) is 0 Å². The second-order valence-corrected chi connectivity index (χ2v) is 5.59. The summed E-state index contributed by atoms with van der Waals surface area (Å²) in [6.45, 7) is 4.13. The summed E-state index contributed by atoms with van der Waals surface area (Å²) in [5.41, 5.74) is 2.35. The molecule has 1 aromatic carbocycles. The fourth-order valence-electron chi connectivity index (χ4n) is 2.24. The van der Waals surface area contributed by atoms with E-state index in [-0.39, 0.29) is 19.0 Å². The van der Waals surface area contributed by atoms with Crippen LogP contribution in [0.4, 0.5) is 0 Å². The minimum absolute atomic E-state index is 0.0764. The Hall–Kier alpha value is -2.86. The molecule has 1 heterocycles. The quantitative estimate of drug-likeness (QED) is 0.529. The van der Waals surface area contributed by atoms with Crippen molar-refractivity contribution >= 4 is 12.0 Å². The number of hydrogen-bond acceptors (Lipinski definition) is 5. The summed E-state index contributed by atoms with van der Waals surface area (Å²) in [4.78, 5) is 15.3. The fourth-order valence-corrected chi connectivity index (χ4v) is 2.24. The lowest BCUT2D eigenvalue weighted by atomic mass is 10.1. The number of aryl methyl sites for hydroxylation is 1. The van der Waals surface area contributed by atoms with Crippen molar-refractivity contribution in [2.45, 2.75) is 26.4 Å². The lowest BCUT2D eigenvalue weighted by Gasteiger charge is -2.12. The van der Waals surface area contributed by atoms with Gasteiger partial charge in [0.2, 0.25) is 5.76 Å². The van der Waals surface area contributed by atoms with Gasteiger partial charge in [0.15, 0.2) is 0 Å². The van der Waals surface area contributed by atoms with Gasteiger partial charge in [-0.2, -0.15) is 0 Å². The van der Waals surface area contributed by atoms with Crippen molar-refractivity contribution in [3.63, 3.8) is 0 Å². The van der Waals surface area contributed by atoms with Crippen LogP contribution in [0, 0.1) is 0 Å². The maximum absolute atomic E-state index is 11.1. The number of pyridine rings is 1. The summed E-state index contributed by atoms with van der Waals surface area (Å²) in [7, 11) is 0. The molecule has 0 fully saturated rings. The Bertz CT molecular complexity index is 738. The minimum Gasteiger partial charge on any atom is -0.490 e. The highest BCUT2D eigenvalue weighted by molar-refractivity contribution is 5.89. The minimum atomic E-state index is -1.11. The van der Waals surface area contributed by atoms with E-state index in [4.69, 9.17) is 14.6 Å². The molecular formula is C20H23NO5. The lowest BCUT2D eigenvalue weighted by Crippen LogP contribution is -2.11. The second kappa shape index (κ2) is 9.58. The second-order valence-electron chi connectivity index (χ2n) is 5.59. The molecule has 0 aliphatic heterocycles. The SMILES string of the molecule is CCO/C(=C\c1ccc(OC[C@@H](O)c2ccc(CC)cn2)cc1)C(=O)O. The molecule has 2 N–H and O–H groups in total. The number of aliphatic hydroxyl groups is 1. The first kappa shape index (κ1) is 19.5. The molecule has 0 spiro atoms. The summed E-state index contributed by atoms with van der Waals surface area (Å²) >= 11 is 0. The van der Waals surface area contributed by atoms with E-state index in [1.165, 1.54) is 6.08 Å². The molecule has 0 amide bonds. The van der Waals surface area contributed by atoms with Gasteiger partial charge in [0.1, 0.15) is 18.5 Å². The van der Waals surface area contributed by atoms with Gasteiger partial charge in [-0.3, -0.25) is 4.98 Å². The molecule has 0 bridgehead atoms. The molecule has 2 rings (SSSR count). The van der Waals surface area contributed by atoms with Crippen molar-refractivity contribution < 1.29 is 24.5 Å². The summed E-state index contributed by atoms with van der Waals surface area (Å²) in [5.74, 6) is -0.658. The number of carboxylic acids is 1. The van der Waals surface area contributed by atoms with Crippen molar-refractivity contribution in [1.29, 1.82) is 0 Å². The highest BCUT2D eigenvalue weighted by Gasteiger charge is 2.11. The van der Waals surface area contributed by atoms with E-state index >= 15 is 0 Å². The molecule has 0 aliphatic carbocycles. The number of aliphatic hydroxyl groups excluding tert-OH is 1. The summed E-state index contributed by atoms with van der Waals surface area (Å²) in [6, 6.07) is 10.6. The van der Waals surface area contributed by atoms with Crippen LogP contribution in [-0.4, -0.2) is 34.4 Å². The van der Waals surface area contributed by atoms with Crippen LogP contribution in [0.3, 0.4) is 0 Å². The van der Waals surface area contributed by atoms with Crippen molar-refractivity contribution in [1.82, 2.24) is 4.98 Å². The zero-order valence-corrected chi connectivity index (χ0v) is 14.9. The highest BCUT2D eigenvalue weighted by atomic mass is 16.5. The van der Waals surface area contributed by atoms with Crippen LogP contribution in [0.5, 0.6) is 5.75 Å². The zero-order valence-electron chi connectivity index (χ0n) is 14.9. The number of benzene rings is 1. The molecule has 0 saturated heterocycles. The van der Waals surface area contributed by atoms with E-state index in [0.717, 1.165) is 12.0 Å². The number of nitrogens with zero attached hydrogens (tertiary/aromatic N) is 1. The van der Waals surface area contributed by atoms with Crippen molar-refractivity contribution in [2.75, 3.05) is 13.2 Å². The van der Waals surface area contributed by atoms with Crippen LogP contribution in [0.25, 0.3) is 6.08 Å². The smallest absolute Gasteiger partial charge is 0.371 e. The summed E-state index contributed by atoms with van der Waals surface area (Å²) in [5, 5.41) is 19.2. The Kier molecular flexibility index (Phi) is 7.17. The number of carbonyl (C=O) groups is 1. The third-order valence-corrected chi connectivity index (χ3v) is 3.69. The number of ether oxygens (including phenoxy) is 2. The van der Waals surface area contributed by atoms with Gasteiger partial charge < -0.3 is 19.7 Å². The van der Waals surface area contributed by atoms with Gasteiger partial charge in [-0.1, -0.05) is 25.1 Å². The third-order valence-electron chi connectivity index (χ3n) is 3.69. The van der Waals surface area contributed by atoms with Gasteiger partial charge in [0, 0.05) is 6.20 Å². The molecule has 2 aromatic rings. The van der Waals surface area contributed by atoms with Crippen LogP contribution in [0.1, 0.15) is 36.8 Å². The molecule has 6 nitrogen and oxygen atoms in total. The van der Waals surface area contributed by atoms with Crippen LogP contribution in [0.15, 0.2) is 48.4 Å². The maximum Gasteiger partial charge on any atom is 0.371 e. The lowest BCUT2D eigenvalue weighted by molar-refractivity contribution is -0.136.